The van der Waals surface area contributed by atoms with Crippen molar-refractivity contribution < 1.29 is 18.3 Å². The topological polar surface area (TPSA) is 89.0 Å². The molecule has 2 N–H and O–H groups in total. The molecule has 1 fully saturated rings. The van der Waals surface area contributed by atoms with E-state index in [0.29, 0.717) is 24.4 Å². The van der Waals surface area contributed by atoms with Crippen LogP contribution in [-0.2, 0) is 16.1 Å². The van der Waals surface area contributed by atoms with Gasteiger partial charge in [0.1, 0.15) is 11.6 Å². The van der Waals surface area contributed by atoms with Crippen molar-refractivity contribution >= 4 is 23.4 Å². The predicted octanol–water partition coefficient (Wildman–Crippen LogP) is 1.76. The molecule has 1 aliphatic heterocycles. The largest absolute Gasteiger partial charge is 0.376 e. The standard InChI is InChI=1S/C15H16F2N4O3S/c16-9-3-4-12(11(17)6-9)18-13(22)8-25-15-20-19-14(23)21(15)7-10-2-1-5-24-10/h3-4,6,10H,1-2,5,7-8H2,(H,18,22)(H,19,23). The third-order valence-corrected chi connectivity index (χ3v) is 4.65. The zero-order valence-corrected chi connectivity index (χ0v) is 13.9. The van der Waals surface area contributed by atoms with Gasteiger partial charge in [0.15, 0.2) is 5.16 Å². The van der Waals surface area contributed by atoms with Gasteiger partial charge in [-0.05, 0) is 25.0 Å². The molecule has 0 saturated carbocycles. The van der Waals surface area contributed by atoms with Crippen molar-refractivity contribution in [1.82, 2.24) is 14.8 Å². The fourth-order valence-corrected chi connectivity index (χ4v) is 3.23. The molecular weight excluding hydrogens is 354 g/mol. The van der Waals surface area contributed by atoms with Crippen molar-refractivity contribution in [3.8, 4) is 0 Å². The highest BCUT2D eigenvalue weighted by Gasteiger charge is 2.20. The lowest BCUT2D eigenvalue weighted by molar-refractivity contribution is -0.113. The number of amides is 1. The van der Waals surface area contributed by atoms with Gasteiger partial charge in [0.05, 0.1) is 24.1 Å². The first kappa shape index (κ1) is 17.6. The van der Waals surface area contributed by atoms with Gasteiger partial charge in [-0.1, -0.05) is 11.8 Å². The number of aromatic nitrogens is 3. The second kappa shape index (κ2) is 7.79. The summed E-state index contributed by atoms with van der Waals surface area (Å²) < 4.78 is 33.3. The Bertz CT molecular complexity index is 817. The van der Waals surface area contributed by atoms with E-state index in [1.165, 1.54) is 4.57 Å². The summed E-state index contributed by atoms with van der Waals surface area (Å²) in [6.07, 6.45) is 1.77. The molecule has 1 aliphatic rings. The summed E-state index contributed by atoms with van der Waals surface area (Å²) in [5.41, 5.74) is -0.478. The first-order valence-electron chi connectivity index (χ1n) is 7.67. The maximum atomic E-state index is 13.5. The van der Waals surface area contributed by atoms with E-state index < -0.39 is 17.5 Å². The Labute approximate surface area is 145 Å². The Morgan fingerprint density at radius 3 is 3.04 bits per heavy atom. The van der Waals surface area contributed by atoms with Gasteiger partial charge in [0.25, 0.3) is 0 Å². The molecule has 1 saturated heterocycles. The van der Waals surface area contributed by atoms with Crippen molar-refractivity contribution in [3.05, 3.63) is 40.3 Å². The number of nitrogens with zero attached hydrogens (tertiary/aromatic N) is 2. The summed E-state index contributed by atoms with van der Waals surface area (Å²) in [5.74, 6) is -2.14. The number of thioether (sulfide) groups is 1. The first-order valence-corrected chi connectivity index (χ1v) is 8.66. The summed E-state index contributed by atoms with van der Waals surface area (Å²) in [7, 11) is 0. The quantitative estimate of drug-likeness (QED) is 0.757. The molecular formula is C15H16F2N4O3S. The van der Waals surface area contributed by atoms with Crippen LogP contribution in [0.4, 0.5) is 14.5 Å². The minimum atomic E-state index is -0.853. The molecule has 10 heteroatoms. The lowest BCUT2D eigenvalue weighted by Crippen LogP contribution is -2.25. The summed E-state index contributed by atoms with van der Waals surface area (Å²) in [6.45, 7) is 1.04. The highest BCUT2D eigenvalue weighted by molar-refractivity contribution is 7.99. The van der Waals surface area contributed by atoms with Gasteiger partial charge >= 0.3 is 5.69 Å². The molecule has 7 nitrogen and oxygen atoms in total. The van der Waals surface area contributed by atoms with Gasteiger partial charge < -0.3 is 10.1 Å². The molecule has 0 spiro atoms. The van der Waals surface area contributed by atoms with Crippen molar-refractivity contribution in [2.75, 3.05) is 17.7 Å². The molecule has 3 rings (SSSR count). The maximum Gasteiger partial charge on any atom is 0.344 e. The smallest absolute Gasteiger partial charge is 0.344 e. The molecule has 0 bridgehead atoms. The van der Waals surface area contributed by atoms with E-state index in [-0.39, 0.29) is 23.2 Å². The minimum Gasteiger partial charge on any atom is -0.376 e. The van der Waals surface area contributed by atoms with E-state index in [4.69, 9.17) is 4.74 Å². The Hall–Kier alpha value is -2.20. The number of anilines is 1. The fourth-order valence-electron chi connectivity index (χ4n) is 2.47. The van der Waals surface area contributed by atoms with Crippen LogP contribution in [0.15, 0.2) is 28.2 Å². The second-order valence-electron chi connectivity index (χ2n) is 5.52. The minimum absolute atomic E-state index is 0.0446. The van der Waals surface area contributed by atoms with Crippen molar-refractivity contribution in [2.45, 2.75) is 30.6 Å². The maximum absolute atomic E-state index is 13.5. The van der Waals surface area contributed by atoms with Crippen LogP contribution in [0.5, 0.6) is 0 Å². The highest BCUT2D eigenvalue weighted by Crippen LogP contribution is 2.19. The van der Waals surface area contributed by atoms with E-state index in [1.54, 1.807) is 0 Å². The average molecular weight is 370 g/mol. The van der Waals surface area contributed by atoms with Crippen LogP contribution in [0.3, 0.4) is 0 Å². The van der Waals surface area contributed by atoms with E-state index in [0.717, 1.165) is 36.7 Å². The van der Waals surface area contributed by atoms with Gasteiger partial charge in [-0.3, -0.25) is 9.36 Å². The van der Waals surface area contributed by atoms with Gasteiger partial charge in [0, 0.05) is 12.7 Å². The number of rotatable bonds is 6. The van der Waals surface area contributed by atoms with Crippen molar-refractivity contribution in [3.63, 3.8) is 0 Å². The van der Waals surface area contributed by atoms with Crippen LogP contribution in [0, 0.1) is 11.6 Å². The third kappa shape index (κ3) is 4.45. The summed E-state index contributed by atoms with van der Waals surface area (Å²) >= 11 is 1.04. The lowest BCUT2D eigenvalue weighted by Gasteiger charge is -2.11. The summed E-state index contributed by atoms with van der Waals surface area (Å²) in [4.78, 5) is 23.8. The molecule has 134 valence electrons. The molecule has 25 heavy (non-hydrogen) atoms. The molecule has 0 radical (unpaired) electrons. The Morgan fingerprint density at radius 2 is 2.32 bits per heavy atom. The normalized spacial score (nSPS) is 17.0. The molecule has 1 aromatic carbocycles. The number of H-pyrrole nitrogens is 1. The molecule has 2 heterocycles. The Kier molecular flexibility index (Phi) is 5.49. The van der Waals surface area contributed by atoms with Crippen molar-refractivity contribution in [2.24, 2.45) is 0 Å². The van der Waals surface area contributed by atoms with Crippen LogP contribution < -0.4 is 11.0 Å². The van der Waals surface area contributed by atoms with Crippen LogP contribution in [0.1, 0.15) is 12.8 Å². The van der Waals surface area contributed by atoms with Crippen LogP contribution in [-0.4, -0.2) is 39.1 Å². The van der Waals surface area contributed by atoms with Crippen LogP contribution in [0.2, 0.25) is 0 Å². The molecule has 0 aliphatic carbocycles. The number of carbonyl (C=O) groups is 1. The molecule has 1 amide bonds. The van der Waals surface area contributed by atoms with Gasteiger partial charge in [-0.2, -0.15) is 0 Å². The van der Waals surface area contributed by atoms with Gasteiger partial charge in [0.2, 0.25) is 5.91 Å². The number of hydrogen-bond donors (Lipinski definition) is 2. The number of nitrogens with one attached hydrogen (secondary N) is 2. The summed E-state index contributed by atoms with van der Waals surface area (Å²) in [6, 6.07) is 2.89. The highest BCUT2D eigenvalue weighted by atomic mass is 32.2. The summed E-state index contributed by atoms with van der Waals surface area (Å²) in [5, 5.41) is 8.96. The van der Waals surface area contributed by atoms with E-state index in [1.807, 2.05) is 0 Å². The van der Waals surface area contributed by atoms with Crippen molar-refractivity contribution in [1.29, 1.82) is 0 Å². The second-order valence-corrected chi connectivity index (χ2v) is 6.46. The van der Waals surface area contributed by atoms with E-state index in [2.05, 4.69) is 15.5 Å². The Morgan fingerprint density at radius 1 is 1.48 bits per heavy atom. The number of aromatic amines is 1. The zero-order valence-electron chi connectivity index (χ0n) is 13.1. The van der Waals surface area contributed by atoms with E-state index in [9.17, 15) is 18.4 Å². The Balaban J connectivity index is 1.59. The number of benzene rings is 1. The third-order valence-electron chi connectivity index (χ3n) is 3.67. The number of halogens is 2. The average Bonchev–Trinajstić information content (AvgIpc) is 3.20. The monoisotopic (exact) mass is 370 g/mol. The SMILES string of the molecule is O=C(CSc1n[nH]c(=O)n1CC1CCCO1)Nc1ccc(F)cc1F. The first-order chi connectivity index (χ1) is 12.0. The van der Waals surface area contributed by atoms with E-state index >= 15 is 0 Å². The molecule has 1 unspecified atom stereocenters. The van der Waals surface area contributed by atoms with Crippen LogP contribution >= 0.6 is 11.8 Å². The molecule has 2 aromatic rings. The fraction of sp³-hybridized carbons (Fsp3) is 0.400. The number of hydrogen-bond acceptors (Lipinski definition) is 5. The lowest BCUT2D eigenvalue weighted by atomic mass is 10.2. The predicted molar refractivity (Wildman–Crippen MR) is 87.5 cm³/mol. The number of ether oxygens (including phenoxy) is 1. The van der Waals surface area contributed by atoms with Gasteiger partial charge in [-0.25, -0.2) is 18.7 Å². The molecule has 1 aromatic heterocycles. The van der Waals surface area contributed by atoms with Gasteiger partial charge in [-0.15, -0.1) is 5.10 Å². The zero-order chi connectivity index (χ0) is 17.8. The van der Waals surface area contributed by atoms with Crippen LogP contribution in [0.25, 0.3) is 0 Å². The number of carbonyl (C=O) groups excluding carboxylic acids is 1. The molecule has 1 atom stereocenters.